The summed E-state index contributed by atoms with van der Waals surface area (Å²) >= 11 is 0. The minimum absolute atomic E-state index is 0.105. The number of amides is 1. The third-order valence-electron chi connectivity index (χ3n) is 5.80. The number of hydrogen-bond donors (Lipinski definition) is 1. The maximum absolute atomic E-state index is 13.0. The van der Waals surface area contributed by atoms with E-state index in [4.69, 9.17) is 0 Å². The van der Waals surface area contributed by atoms with Crippen LogP contribution in [-0.4, -0.2) is 46.3 Å². The smallest absolute Gasteiger partial charge is 0.345 e. The van der Waals surface area contributed by atoms with Gasteiger partial charge in [-0.05, 0) is 54.7 Å². The summed E-state index contributed by atoms with van der Waals surface area (Å²) in [6.07, 6.45) is -2.67. The number of nitrogens with zero attached hydrogens (tertiary/aromatic N) is 4. The average molecular weight is 496 g/mol. The number of hydrogen-bond acceptors (Lipinski definition) is 5. The monoisotopic (exact) mass is 495 g/mol. The lowest BCUT2D eigenvalue weighted by Gasteiger charge is -2.34. The number of rotatable bonds is 5. The molecule has 4 rings (SSSR count). The average Bonchev–Trinajstić information content (AvgIpc) is 3.18. The second-order valence-corrected chi connectivity index (χ2v) is 10.7. The molecule has 1 aliphatic heterocycles. The highest BCUT2D eigenvalue weighted by Gasteiger charge is 2.32. The van der Waals surface area contributed by atoms with Crippen molar-refractivity contribution in [3.8, 4) is 0 Å². The highest BCUT2D eigenvalue weighted by molar-refractivity contribution is 7.89. The van der Waals surface area contributed by atoms with E-state index >= 15 is 0 Å². The van der Waals surface area contributed by atoms with Crippen LogP contribution in [0.1, 0.15) is 42.0 Å². The first kappa shape index (κ1) is 24.1. The van der Waals surface area contributed by atoms with Gasteiger partial charge >= 0.3 is 6.18 Å². The first-order chi connectivity index (χ1) is 15.9. The normalized spacial score (nSPS) is 19.9. The Morgan fingerprint density at radius 1 is 1.06 bits per heavy atom. The Morgan fingerprint density at radius 3 is 2.32 bits per heavy atom. The molecule has 34 heavy (non-hydrogen) atoms. The van der Waals surface area contributed by atoms with Crippen LogP contribution in [0.2, 0.25) is 0 Å². The van der Waals surface area contributed by atoms with Gasteiger partial charge in [0, 0.05) is 24.8 Å². The summed E-state index contributed by atoms with van der Waals surface area (Å²) in [5.41, 5.74) is -0.432. The summed E-state index contributed by atoms with van der Waals surface area (Å²) in [5.74, 6) is 0.142. The van der Waals surface area contributed by atoms with Gasteiger partial charge in [-0.15, -0.1) is 10.2 Å². The summed E-state index contributed by atoms with van der Waals surface area (Å²) in [6.45, 7) is 4.79. The van der Waals surface area contributed by atoms with E-state index in [0.717, 1.165) is 18.7 Å². The lowest BCUT2D eigenvalue weighted by Crippen LogP contribution is -2.42. The summed E-state index contributed by atoms with van der Waals surface area (Å²) in [4.78, 5) is 12.6. The van der Waals surface area contributed by atoms with Gasteiger partial charge in [0.25, 0.3) is 5.91 Å². The fraction of sp³-hybridized carbons (Fsp3) is 0.409. The van der Waals surface area contributed by atoms with E-state index in [1.807, 2.05) is 13.8 Å². The predicted molar refractivity (Wildman–Crippen MR) is 117 cm³/mol. The lowest BCUT2D eigenvalue weighted by atomic mass is 9.94. The lowest BCUT2D eigenvalue weighted by molar-refractivity contribution is -0.137. The number of alkyl halides is 3. The van der Waals surface area contributed by atoms with Crippen LogP contribution >= 0.6 is 0 Å². The molecule has 182 valence electrons. The van der Waals surface area contributed by atoms with Crippen molar-refractivity contribution in [1.29, 1.82) is 0 Å². The van der Waals surface area contributed by atoms with Gasteiger partial charge in [-0.3, -0.25) is 9.20 Å². The van der Waals surface area contributed by atoms with Gasteiger partial charge in [-0.25, -0.2) is 8.42 Å². The number of aromatic nitrogens is 3. The molecule has 1 N–H and O–H groups in total. The molecule has 1 aromatic carbocycles. The maximum atomic E-state index is 13.0. The van der Waals surface area contributed by atoms with Crippen molar-refractivity contribution >= 4 is 21.6 Å². The zero-order valence-corrected chi connectivity index (χ0v) is 19.4. The minimum Gasteiger partial charge on any atom is -0.345 e. The first-order valence-electron chi connectivity index (χ1n) is 10.7. The molecular weight excluding hydrogens is 471 g/mol. The third kappa shape index (κ3) is 4.92. The van der Waals surface area contributed by atoms with Gasteiger partial charge < -0.3 is 5.32 Å². The number of sulfonamides is 1. The zero-order valence-electron chi connectivity index (χ0n) is 18.6. The van der Waals surface area contributed by atoms with Crippen LogP contribution in [-0.2, 0) is 22.7 Å². The summed E-state index contributed by atoms with van der Waals surface area (Å²) in [5, 5.41) is 10.2. The van der Waals surface area contributed by atoms with Gasteiger partial charge in [0.15, 0.2) is 11.5 Å². The molecule has 3 aromatic rings. The number of benzene rings is 1. The van der Waals surface area contributed by atoms with E-state index in [1.54, 1.807) is 0 Å². The Kier molecular flexibility index (Phi) is 6.38. The highest BCUT2D eigenvalue weighted by Crippen LogP contribution is 2.29. The third-order valence-corrected chi connectivity index (χ3v) is 7.64. The summed E-state index contributed by atoms with van der Waals surface area (Å²) in [7, 11) is -3.67. The molecule has 3 heterocycles. The fourth-order valence-electron chi connectivity index (χ4n) is 4.22. The Bertz CT molecular complexity index is 1300. The highest BCUT2D eigenvalue weighted by atomic mass is 32.2. The van der Waals surface area contributed by atoms with Crippen molar-refractivity contribution < 1.29 is 26.4 Å². The number of halogens is 3. The Balaban J connectivity index is 1.46. The standard InChI is InChI=1S/C22H24F3N5O3S/c1-14-9-15(2)12-29(11-14)34(32,33)18-6-3-16(4-7-18)21(31)26-10-20-28-27-19-8-5-17(13-30(19)20)22(23,24)25/h3-8,13-15H,9-12H2,1-2H3,(H,26,31)/t14-,15-/m0/s1. The Hall–Kier alpha value is -2.99. The van der Waals surface area contributed by atoms with Crippen molar-refractivity contribution in [2.45, 2.75) is 37.9 Å². The molecule has 0 unspecified atom stereocenters. The first-order valence-corrected chi connectivity index (χ1v) is 12.2. The van der Waals surface area contributed by atoms with Crippen molar-refractivity contribution in [3.05, 3.63) is 59.5 Å². The van der Waals surface area contributed by atoms with Crippen LogP contribution in [0.4, 0.5) is 13.2 Å². The topological polar surface area (TPSA) is 96.7 Å². The second kappa shape index (κ2) is 8.99. The van der Waals surface area contributed by atoms with Gasteiger partial charge in [0.2, 0.25) is 10.0 Å². The molecular formula is C22H24F3N5O3S. The van der Waals surface area contributed by atoms with E-state index in [1.165, 1.54) is 39.0 Å². The number of carbonyl (C=O) groups excluding carboxylic acids is 1. The zero-order chi connectivity index (χ0) is 24.7. The molecule has 0 spiro atoms. The maximum Gasteiger partial charge on any atom is 0.417 e. The van der Waals surface area contributed by atoms with Crippen molar-refractivity contribution in [1.82, 2.24) is 24.2 Å². The van der Waals surface area contributed by atoms with Crippen LogP contribution < -0.4 is 5.32 Å². The fourth-order valence-corrected chi connectivity index (χ4v) is 5.90. The van der Waals surface area contributed by atoms with E-state index in [-0.39, 0.29) is 40.3 Å². The van der Waals surface area contributed by atoms with E-state index < -0.39 is 27.7 Å². The van der Waals surface area contributed by atoms with Gasteiger partial charge in [0.05, 0.1) is 17.0 Å². The van der Waals surface area contributed by atoms with E-state index in [2.05, 4.69) is 15.5 Å². The molecule has 1 saturated heterocycles. The van der Waals surface area contributed by atoms with E-state index in [0.29, 0.717) is 13.1 Å². The van der Waals surface area contributed by atoms with Gasteiger partial charge in [-0.1, -0.05) is 13.8 Å². The van der Waals surface area contributed by atoms with Crippen molar-refractivity contribution in [2.75, 3.05) is 13.1 Å². The summed E-state index contributed by atoms with van der Waals surface area (Å²) < 4.78 is 67.6. The number of pyridine rings is 1. The molecule has 0 saturated carbocycles. The molecule has 8 nitrogen and oxygen atoms in total. The van der Waals surface area contributed by atoms with Crippen LogP contribution in [0.3, 0.4) is 0 Å². The van der Waals surface area contributed by atoms with Crippen LogP contribution in [0, 0.1) is 11.8 Å². The van der Waals surface area contributed by atoms with Crippen LogP contribution in [0.5, 0.6) is 0 Å². The summed E-state index contributed by atoms with van der Waals surface area (Å²) in [6, 6.07) is 7.69. The number of piperidine rings is 1. The SMILES string of the molecule is C[C@H]1C[C@H](C)CN(S(=O)(=O)c2ccc(C(=O)NCc3nnc4ccc(C(F)(F)F)cn34)cc2)C1. The van der Waals surface area contributed by atoms with Crippen molar-refractivity contribution in [2.24, 2.45) is 11.8 Å². The Morgan fingerprint density at radius 2 is 1.71 bits per heavy atom. The second-order valence-electron chi connectivity index (χ2n) is 8.74. The van der Waals surface area contributed by atoms with Gasteiger partial charge in [0.1, 0.15) is 0 Å². The Labute approximate surface area is 194 Å². The molecule has 1 amide bonds. The molecule has 12 heteroatoms. The molecule has 2 aromatic heterocycles. The molecule has 0 bridgehead atoms. The van der Waals surface area contributed by atoms with E-state index in [9.17, 15) is 26.4 Å². The number of fused-ring (bicyclic) bond motifs is 1. The molecule has 2 atom stereocenters. The van der Waals surface area contributed by atoms with Crippen LogP contribution in [0.15, 0.2) is 47.5 Å². The quantitative estimate of drug-likeness (QED) is 0.586. The number of carbonyl (C=O) groups is 1. The minimum atomic E-state index is -4.52. The van der Waals surface area contributed by atoms with Crippen molar-refractivity contribution in [3.63, 3.8) is 0 Å². The molecule has 1 aliphatic rings. The largest absolute Gasteiger partial charge is 0.417 e. The van der Waals surface area contributed by atoms with Crippen LogP contribution in [0.25, 0.3) is 5.65 Å². The molecule has 0 aliphatic carbocycles. The number of nitrogens with one attached hydrogen (secondary N) is 1. The molecule has 1 fully saturated rings. The predicted octanol–water partition coefficient (Wildman–Crippen LogP) is 3.34. The van der Waals surface area contributed by atoms with Gasteiger partial charge in [-0.2, -0.15) is 17.5 Å². The molecule has 0 radical (unpaired) electrons.